The van der Waals surface area contributed by atoms with Crippen LogP contribution >= 0.6 is 31.9 Å². The molecule has 3 aliphatic rings. The Kier molecular flexibility index (Phi) is 16.3. The number of hydrogen-bond donors (Lipinski definition) is 2. The number of benzene rings is 5. The molecule has 0 amide bonds. The molecule has 0 aromatic heterocycles. The number of nitrogens with two attached hydrogens (primary N) is 1. The van der Waals surface area contributed by atoms with Crippen LogP contribution in [0.5, 0.6) is 0 Å². The maximum atomic E-state index is 13.7. The maximum absolute atomic E-state index is 13.7. The molecule has 0 spiro atoms. The molecule has 1 unspecified atom stereocenters. The molecule has 3 N–H and O–H groups in total. The summed E-state index contributed by atoms with van der Waals surface area (Å²) >= 11 is 6.98. The van der Waals surface area contributed by atoms with Crippen molar-refractivity contribution in [3.05, 3.63) is 169 Å². The van der Waals surface area contributed by atoms with Crippen LogP contribution in [-0.4, -0.2) is 58.2 Å². The van der Waals surface area contributed by atoms with Gasteiger partial charge in [-0.3, -0.25) is 19.7 Å². The van der Waals surface area contributed by atoms with Crippen LogP contribution in [0.3, 0.4) is 0 Å². The van der Waals surface area contributed by atoms with Gasteiger partial charge in [-0.15, -0.1) is 0 Å². The minimum Gasteiger partial charge on any atom is -0.861 e. The summed E-state index contributed by atoms with van der Waals surface area (Å²) in [5, 5.41) is 35.5. The van der Waals surface area contributed by atoms with Gasteiger partial charge in [0.1, 0.15) is 6.04 Å². The van der Waals surface area contributed by atoms with Crippen molar-refractivity contribution in [1.29, 1.82) is 0 Å². The van der Waals surface area contributed by atoms with Gasteiger partial charge in [-0.25, -0.2) is 0 Å². The zero-order chi connectivity index (χ0) is 42.2. The van der Waals surface area contributed by atoms with Gasteiger partial charge in [-0.2, -0.15) is 0 Å². The Hall–Kier alpha value is -4.45. The van der Waals surface area contributed by atoms with Gasteiger partial charge in [-0.1, -0.05) is 123 Å². The number of likely N-dealkylation sites (tertiary alicyclic amines) is 1. The number of rotatable bonds is 11. The number of carboxylic acid groups (broad SMARTS) is 2. The maximum Gasteiger partial charge on any atom is 2.00 e. The molecule has 1 aliphatic heterocycles. The number of para-hydroxylation sites is 1. The third kappa shape index (κ3) is 11.3. The Morgan fingerprint density at radius 3 is 1.95 bits per heavy atom. The van der Waals surface area contributed by atoms with Gasteiger partial charge in [-0.05, 0) is 122 Å². The van der Waals surface area contributed by atoms with Crippen LogP contribution in [0, 0.1) is 0 Å². The number of nitrogens with zero attached hydrogens (tertiary/aromatic N) is 3. The minimum atomic E-state index is -1.22. The molecule has 61 heavy (non-hydrogen) atoms. The Labute approximate surface area is 384 Å². The van der Waals surface area contributed by atoms with Gasteiger partial charge in [0.2, 0.25) is 0 Å². The molecule has 1 saturated heterocycles. The van der Waals surface area contributed by atoms with Crippen molar-refractivity contribution in [1.82, 2.24) is 4.90 Å². The van der Waals surface area contributed by atoms with E-state index in [1.807, 2.05) is 97.1 Å². The standard InChI is InChI=1S/C37H36BrN3O3.C12H14BrNO2.Ni/c38-28-21-20-26-15-9-17-29(31(26)23-28)35(37(43)44)40-34(27-13-5-2-6-14-27)30-16-7-8-18-32(30)39-36(42)33-19-10-22-41(33)24-25-11-3-1-4-12-25;13-8-5-4-7-2-1-3-9(10(7)6-8)11(14)12(15)16;/h1-8,11-14,16,18,20-21,23,29,33,35H,9-10,15,17,19,22,24H2,(H,39,42)(H,43,44);4-6,9,11H,1-3,14H2,(H,15,16);/q;;+2/p-2/t29-,33+,35+;9-,11?;/m11./s1. The minimum absolute atomic E-state index is 0. The molecule has 9 nitrogen and oxygen atoms in total. The number of fused-ring (bicyclic) bond motifs is 2. The fourth-order valence-corrected chi connectivity index (χ4v) is 9.66. The molecule has 12 heteroatoms. The second-order valence-corrected chi connectivity index (χ2v) is 17.6. The molecule has 8 rings (SSSR count). The smallest absolute Gasteiger partial charge is 0.861 e. The number of carbonyl (C=O) groups is 2. The predicted octanol–water partition coefficient (Wildman–Crippen LogP) is 7.86. The summed E-state index contributed by atoms with van der Waals surface area (Å²) in [6.07, 6.45) is 7.05. The van der Waals surface area contributed by atoms with E-state index in [1.165, 1.54) is 5.56 Å². The fourth-order valence-electron chi connectivity index (χ4n) is 8.91. The van der Waals surface area contributed by atoms with Crippen LogP contribution in [0.2, 0.25) is 0 Å². The van der Waals surface area contributed by atoms with Crippen molar-refractivity contribution in [3.8, 4) is 0 Å². The van der Waals surface area contributed by atoms with Crippen molar-refractivity contribution in [2.45, 2.75) is 87.9 Å². The first-order valence-corrected chi connectivity index (χ1v) is 22.2. The summed E-state index contributed by atoms with van der Waals surface area (Å²) in [6, 6.07) is 37.0. The van der Waals surface area contributed by atoms with Gasteiger partial charge in [0, 0.05) is 44.5 Å². The predicted molar refractivity (Wildman–Crippen MR) is 240 cm³/mol. The van der Waals surface area contributed by atoms with Gasteiger partial charge < -0.3 is 25.8 Å². The van der Waals surface area contributed by atoms with Gasteiger partial charge in [0.25, 0.3) is 0 Å². The largest absolute Gasteiger partial charge is 2.00 e. The second-order valence-electron chi connectivity index (χ2n) is 15.7. The van der Waals surface area contributed by atoms with Crippen LogP contribution in [0.1, 0.15) is 89.3 Å². The van der Waals surface area contributed by atoms with E-state index in [0.29, 0.717) is 29.9 Å². The number of halogens is 2. The first-order chi connectivity index (χ1) is 29.1. The van der Waals surface area contributed by atoms with E-state index in [4.69, 9.17) is 15.8 Å². The monoisotopic (exact) mass is 988 g/mol. The average molecular weight is 991 g/mol. The van der Waals surface area contributed by atoms with Gasteiger partial charge in [0.05, 0.1) is 23.4 Å². The molecule has 0 radical (unpaired) electrons. The third-order valence-corrected chi connectivity index (χ3v) is 12.8. The number of aliphatic imine (C=N–C) groups is 2. The molecule has 5 atom stereocenters. The molecule has 5 aromatic rings. The SMILES string of the molecule is NC(C(=O)O)[C@@H]1CCCc2ccc(Br)cc21.O=C([O-])[C@@H](N=C(c1ccccc1)c1ccccc1N=C([O-])[C@@H]1CCCN1Cc1ccccc1)[C@@H]1CCCc2ccc(Br)cc21.[Ni+2]. The molecule has 1 heterocycles. The summed E-state index contributed by atoms with van der Waals surface area (Å²) in [7, 11) is 0. The third-order valence-electron chi connectivity index (χ3n) is 11.9. The number of carboxylic acids is 2. The van der Waals surface area contributed by atoms with Crippen LogP contribution in [-0.2, 0) is 45.5 Å². The van der Waals surface area contributed by atoms with E-state index in [9.17, 15) is 19.8 Å². The topological polar surface area (TPSA) is 154 Å². The summed E-state index contributed by atoms with van der Waals surface area (Å²) in [4.78, 5) is 35.6. The van der Waals surface area contributed by atoms with Crippen molar-refractivity contribution >= 4 is 61.1 Å². The summed E-state index contributed by atoms with van der Waals surface area (Å²) in [5.74, 6) is -2.72. The van der Waals surface area contributed by atoms with Crippen molar-refractivity contribution in [2.75, 3.05) is 6.54 Å². The van der Waals surface area contributed by atoms with Crippen LogP contribution in [0.15, 0.2) is 140 Å². The number of hydrogen-bond acceptors (Lipinski definition) is 8. The Morgan fingerprint density at radius 1 is 0.754 bits per heavy atom. The van der Waals surface area contributed by atoms with E-state index in [-0.39, 0.29) is 40.3 Å². The number of carbonyl (C=O) groups excluding carboxylic acids is 1. The molecule has 1 fully saturated rings. The van der Waals surface area contributed by atoms with Crippen molar-refractivity contribution in [3.63, 3.8) is 0 Å². The van der Waals surface area contributed by atoms with E-state index < -0.39 is 24.0 Å². The van der Waals surface area contributed by atoms with Crippen LogP contribution in [0.25, 0.3) is 0 Å². The molecule has 318 valence electrons. The van der Waals surface area contributed by atoms with E-state index >= 15 is 0 Å². The Bertz CT molecular complexity index is 2360. The summed E-state index contributed by atoms with van der Waals surface area (Å²) in [5.41, 5.74) is 13.7. The molecule has 5 aromatic carbocycles. The first kappa shape index (κ1) is 46.1. The quantitative estimate of drug-likeness (QED) is 0.0776. The van der Waals surface area contributed by atoms with Gasteiger partial charge >= 0.3 is 22.5 Å². The molecule has 0 saturated carbocycles. The average Bonchev–Trinajstić information content (AvgIpc) is 3.73. The molecular formula is C49H48Br2N4NiO5. The number of aryl methyl sites for hydroxylation is 2. The molecular weight excluding hydrogens is 943 g/mol. The number of aliphatic carboxylic acids is 2. The zero-order valence-electron chi connectivity index (χ0n) is 33.6. The van der Waals surface area contributed by atoms with Crippen molar-refractivity contribution in [2.24, 2.45) is 15.7 Å². The first-order valence-electron chi connectivity index (χ1n) is 20.6. The summed E-state index contributed by atoms with van der Waals surface area (Å²) in [6.45, 7) is 1.53. The fraction of sp³-hybridized carbons (Fsp3) is 0.306. The normalized spacial score (nSPS) is 19.9. The molecule has 2 aliphatic carbocycles. The van der Waals surface area contributed by atoms with Crippen molar-refractivity contribution < 1.29 is 41.4 Å². The Balaban J connectivity index is 0.000000307. The molecule has 0 bridgehead atoms. The van der Waals surface area contributed by atoms with Crippen LogP contribution < -0.4 is 15.9 Å². The van der Waals surface area contributed by atoms with E-state index in [0.717, 1.165) is 88.3 Å². The summed E-state index contributed by atoms with van der Waals surface area (Å²) < 4.78 is 1.89. The van der Waals surface area contributed by atoms with Crippen LogP contribution in [0.4, 0.5) is 5.69 Å². The van der Waals surface area contributed by atoms with E-state index in [1.54, 1.807) is 0 Å². The van der Waals surface area contributed by atoms with Gasteiger partial charge in [0.15, 0.2) is 0 Å². The second kappa shape index (κ2) is 21.6. The zero-order valence-corrected chi connectivity index (χ0v) is 37.7. The Morgan fingerprint density at radius 2 is 1.33 bits per heavy atom. The van der Waals surface area contributed by atoms with E-state index in [2.05, 4.69) is 66.0 Å².